The number of aliphatic hydroxyl groups is 1. The van der Waals surface area contributed by atoms with Gasteiger partial charge in [-0.1, -0.05) is 18.9 Å². The van der Waals surface area contributed by atoms with Crippen molar-refractivity contribution < 1.29 is 14.7 Å². The fourth-order valence-corrected chi connectivity index (χ4v) is 2.58. The minimum atomic E-state index is -0.528. The molecule has 21 heavy (non-hydrogen) atoms. The molecule has 1 fully saturated rings. The summed E-state index contributed by atoms with van der Waals surface area (Å²) in [4.78, 5) is 23.2. The lowest BCUT2D eigenvalue weighted by molar-refractivity contribution is 0.0955. The smallest absolute Gasteiger partial charge is 0.319 e. The van der Waals surface area contributed by atoms with E-state index in [0.717, 1.165) is 24.8 Å². The fourth-order valence-electron chi connectivity index (χ4n) is 2.58. The number of anilines is 1. The van der Waals surface area contributed by atoms with Gasteiger partial charge in [0.1, 0.15) is 0 Å². The molecule has 114 valence electrons. The molecule has 0 aliphatic heterocycles. The molecule has 6 heteroatoms. The van der Waals surface area contributed by atoms with Crippen molar-refractivity contribution in [1.29, 1.82) is 0 Å². The van der Waals surface area contributed by atoms with Gasteiger partial charge in [-0.3, -0.25) is 4.79 Å². The van der Waals surface area contributed by atoms with E-state index in [-0.39, 0.29) is 12.1 Å². The van der Waals surface area contributed by atoms with Crippen molar-refractivity contribution in [2.45, 2.75) is 44.8 Å². The largest absolute Gasteiger partial charge is 0.391 e. The number of aliphatic hydroxyl groups excluding tert-OH is 1. The molecule has 0 bridgehead atoms. The molecule has 0 spiro atoms. The van der Waals surface area contributed by atoms with Gasteiger partial charge in [0, 0.05) is 11.3 Å². The predicted molar refractivity (Wildman–Crippen MR) is 80.1 cm³/mol. The lowest BCUT2D eigenvalue weighted by Crippen LogP contribution is -2.46. The lowest BCUT2D eigenvalue weighted by atomic mass is 9.93. The standard InChI is InChI=1S/C15H21N3O3/c1-9-6-7-10(8-11(9)14(16)20)17-15(21)18-12-4-2-3-5-13(12)19/h6-8,12-13,19H,2-5H2,1H3,(H2,16,20)(H2,17,18,21). The van der Waals surface area contributed by atoms with Crippen molar-refractivity contribution in [2.24, 2.45) is 5.73 Å². The first kappa shape index (κ1) is 15.3. The topological polar surface area (TPSA) is 104 Å². The number of amides is 3. The Labute approximate surface area is 123 Å². The van der Waals surface area contributed by atoms with Crippen LogP contribution in [0.4, 0.5) is 10.5 Å². The van der Waals surface area contributed by atoms with E-state index in [1.54, 1.807) is 25.1 Å². The van der Waals surface area contributed by atoms with Gasteiger partial charge in [-0.05, 0) is 37.5 Å². The molecule has 2 rings (SSSR count). The number of hydrogen-bond donors (Lipinski definition) is 4. The number of nitrogens with one attached hydrogen (secondary N) is 2. The zero-order chi connectivity index (χ0) is 15.4. The highest BCUT2D eigenvalue weighted by Gasteiger charge is 2.24. The van der Waals surface area contributed by atoms with Gasteiger partial charge < -0.3 is 21.5 Å². The highest BCUT2D eigenvalue weighted by molar-refractivity contribution is 5.97. The fraction of sp³-hybridized carbons (Fsp3) is 0.467. The highest BCUT2D eigenvalue weighted by atomic mass is 16.3. The van der Waals surface area contributed by atoms with Crippen molar-refractivity contribution in [3.05, 3.63) is 29.3 Å². The van der Waals surface area contributed by atoms with Crippen LogP contribution in [0.3, 0.4) is 0 Å². The first-order chi connectivity index (χ1) is 9.97. The van der Waals surface area contributed by atoms with Gasteiger partial charge >= 0.3 is 6.03 Å². The zero-order valence-electron chi connectivity index (χ0n) is 12.1. The number of aryl methyl sites for hydroxylation is 1. The van der Waals surface area contributed by atoms with Crippen LogP contribution in [0.25, 0.3) is 0 Å². The Kier molecular flexibility index (Phi) is 4.80. The molecule has 0 aromatic heterocycles. The average Bonchev–Trinajstić information content (AvgIpc) is 2.43. The average molecular weight is 291 g/mol. The van der Waals surface area contributed by atoms with Crippen LogP contribution in [0.5, 0.6) is 0 Å². The molecule has 5 N–H and O–H groups in total. The highest BCUT2D eigenvalue weighted by Crippen LogP contribution is 2.19. The Balaban J connectivity index is 1.99. The third-order valence-corrected chi connectivity index (χ3v) is 3.81. The molecule has 1 saturated carbocycles. The molecule has 0 heterocycles. The molecule has 6 nitrogen and oxygen atoms in total. The summed E-state index contributed by atoms with van der Waals surface area (Å²) in [5.41, 5.74) is 6.92. The van der Waals surface area contributed by atoms with E-state index in [9.17, 15) is 14.7 Å². The van der Waals surface area contributed by atoms with Crippen molar-refractivity contribution in [3.8, 4) is 0 Å². The predicted octanol–water partition coefficient (Wildman–Crippen LogP) is 1.52. The number of benzene rings is 1. The van der Waals surface area contributed by atoms with Gasteiger partial charge in [0.2, 0.25) is 5.91 Å². The monoisotopic (exact) mass is 291 g/mol. The van der Waals surface area contributed by atoms with Crippen molar-refractivity contribution in [1.82, 2.24) is 5.32 Å². The van der Waals surface area contributed by atoms with Crippen molar-refractivity contribution in [3.63, 3.8) is 0 Å². The van der Waals surface area contributed by atoms with E-state index in [1.807, 2.05) is 0 Å². The molecular formula is C15H21N3O3. The number of urea groups is 1. The first-order valence-corrected chi connectivity index (χ1v) is 7.13. The summed E-state index contributed by atoms with van der Waals surface area (Å²) in [5, 5.41) is 15.3. The van der Waals surface area contributed by atoms with Gasteiger partial charge in [0.05, 0.1) is 12.1 Å². The summed E-state index contributed by atoms with van der Waals surface area (Å²) in [6.45, 7) is 1.78. The molecule has 1 aromatic carbocycles. The normalized spacial score (nSPS) is 21.6. The molecule has 0 saturated heterocycles. The van der Waals surface area contributed by atoms with Crippen LogP contribution in [0, 0.1) is 6.92 Å². The molecule has 1 aliphatic carbocycles. The summed E-state index contributed by atoms with van der Waals surface area (Å²) in [6, 6.07) is 4.37. The van der Waals surface area contributed by atoms with Gasteiger partial charge in [0.15, 0.2) is 0 Å². The van der Waals surface area contributed by atoms with Crippen LogP contribution < -0.4 is 16.4 Å². The second kappa shape index (κ2) is 6.58. The number of hydrogen-bond acceptors (Lipinski definition) is 3. The second-order valence-electron chi connectivity index (χ2n) is 5.45. The van der Waals surface area contributed by atoms with Crippen molar-refractivity contribution in [2.75, 3.05) is 5.32 Å². The van der Waals surface area contributed by atoms with Gasteiger partial charge in [-0.25, -0.2) is 4.79 Å². The summed E-state index contributed by atoms with van der Waals surface area (Å²) in [7, 11) is 0. The van der Waals surface area contributed by atoms with E-state index in [2.05, 4.69) is 10.6 Å². The van der Waals surface area contributed by atoms with Crippen molar-refractivity contribution >= 4 is 17.6 Å². The lowest BCUT2D eigenvalue weighted by Gasteiger charge is -2.28. The summed E-state index contributed by atoms with van der Waals surface area (Å²) in [6.07, 6.45) is 2.97. The first-order valence-electron chi connectivity index (χ1n) is 7.13. The van der Waals surface area contributed by atoms with Gasteiger partial charge in [0.25, 0.3) is 0 Å². The molecule has 1 aliphatic rings. The van der Waals surface area contributed by atoms with E-state index < -0.39 is 12.0 Å². The third-order valence-electron chi connectivity index (χ3n) is 3.81. The maximum absolute atomic E-state index is 11.9. The minimum Gasteiger partial charge on any atom is -0.391 e. The Morgan fingerprint density at radius 2 is 2.00 bits per heavy atom. The number of carbonyl (C=O) groups is 2. The Morgan fingerprint density at radius 3 is 2.67 bits per heavy atom. The Hall–Kier alpha value is -2.08. The number of nitrogens with two attached hydrogens (primary N) is 1. The summed E-state index contributed by atoms with van der Waals surface area (Å²) >= 11 is 0. The van der Waals surface area contributed by atoms with E-state index >= 15 is 0 Å². The SMILES string of the molecule is Cc1ccc(NC(=O)NC2CCCCC2O)cc1C(N)=O. The Bertz CT molecular complexity index is 545. The molecule has 1 aromatic rings. The maximum atomic E-state index is 11.9. The quantitative estimate of drug-likeness (QED) is 0.678. The number of carbonyl (C=O) groups excluding carboxylic acids is 2. The van der Waals surface area contributed by atoms with Gasteiger partial charge in [-0.2, -0.15) is 0 Å². The maximum Gasteiger partial charge on any atom is 0.319 e. The van der Waals surface area contributed by atoms with Crippen LogP contribution in [0.15, 0.2) is 18.2 Å². The van der Waals surface area contributed by atoms with Crippen LogP contribution in [-0.4, -0.2) is 29.2 Å². The summed E-state index contributed by atoms with van der Waals surface area (Å²) < 4.78 is 0. The molecule has 3 amide bonds. The number of primary amides is 1. The minimum absolute atomic E-state index is 0.222. The van der Waals surface area contributed by atoms with E-state index in [1.165, 1.54) is 0 Å². The molecule has 2 unspecified atom stereocenters. The van der Waals surface area contributed by atoms with Crippen LogP contribution in [-0.2, 0) is 0 Å². The Morgan fingerprint density at radius 1 is 1.29 bits per heavy atom. The zero-order valence-corrected chi connectivity index (χ0v) is 12.1. The van der Waals surface area contributed by atoms with E-state index in [4.69, 9.17) is 5.73 Å². The molecular weight excluding hydrogens is 270 g/mol. The van der Waals surface area contributed by atoms with E-state index in [0.29, 0.717) is 17.7 Å². The summed E-state index contributed by atoms with van der Waals surface area (Å²) in [5.74, 6) is -0.528. The molecule has 2 atom stereocenters. The third kappa shape index (κ3) is 3.95. The number of rotatable bonds is 3. The van der Waals surface area contributed by atoms with Crippen LogP contribution in [0.2, 0.25) is 0 Å². The second-order valence-corrected chi connectivity index (χ2v) is 5.45. The molecule has 0 radical (unpaired) electrons. The van der Waals surface area contributed by atoms with Gasteiger partial charge in [-0.15, -0.1) is 0 Å². The van der Waals surface area contributed by atoms with Crippen LogP contribution in [0.1, 0.15) is 41.6 Å². The van der Waals surface area contributed by atoms with Crippen LogP contribution >= 0.6 is 0 Å².